The van der Waals surface area contributed by atoms with Gasteiger partial charge in [0.05, 0.1) is 24.2 Å². The number of hydrogen-bond acceptors (Lipinski definition) is 6. The van der Waals surface area contributed by atoms with Crippen LogP contribution in [-0.4, -0.2) is 22.3 Å². The topological polar surface area (TPSA) is 73.1 Å². The molecule has 98 valence electrons. The predicted molar refractivity (Wildman–Crippen MR) is 72.3 cm³/mol. The summed E-state index contributed by atoms with van der Waals surface area (Å²) in [6.07, 6.45) is 4.61. The molecule has 0 aromatic carbocycles. The maximum atomic E-state index is 5.57. The van der Waals surface area contributed by atoms with Crippen molar-refractivity contribution in [2.75, 3.05) is 17.8 Å². The van der Waals surface area contributed by atoms with Crippen molar-refractivity contribution in [2.24, 2.45) is 5.84 Å². The Kier molecular flexibility index (Phi) is 3.67. The molecule has 3 heterocycles. The molecule has 0 amide bonds. The van der Waals surface area contributed by atoms with Gasteiger partial charge >= 0.3 is 0 Å². The summed E-state index contributed by atoms with van der Waals surface area (Å²) < 4.78 is 5.44. The number of fused-ring (bicyclic) bond motifs is 1. The molecule has 5 nitrogen and oxygen atoms in total. The van der Waals surface area contributed by atoms with Gasteiger partial charge in [-0.25, -0.2) is 15.8 Å². The lowest BCUT2D eigenvalue weighted by molar-refractivity contribution is 0.109. The van der Waals surface area contributed by atoms with Crippen LogP contribution in [0.5, 0.6) is 0 Å². The molecule has 0 spiro atoms. The van der Waals surface area contributed by atoms with E-state index in [0.717, 1.165) is 35.9 Å². The van der Waals surface area contributed by atoms with Gasteiger partial charge in [0.15, 0.2) is 0 Å². The number of anilines is 1. The first-order valence-corrected chi connectivity index (χ1v) is 7.49. The summed E-state index contributed by atoms with van der Waals surface area (Å²) in [5, 5.41) is 0.430. The third-order valence-electron chi connectivity index (χ3n) is 3.44. The van der Waals surface area contributed by atoms with Crippen LogP contribution in [0.4, 0.5) is 5.82 Å². The number of nitrogens with zero attached hydrogens (tertiary/aromatic N) is 2. The number of ether oxygens (including phenoxy) is 1. The molecule has 1 saturated heterocycles. The van der Waals surface area contributed by atoms with E-state index in [2.05, 4.69) is 10.4 Å². The van der Waals surface area contributed by atoms with Gasteiger partial charge in [-0.05, 0) is 18.6 Å². The van der Waals surface area contributed by atoms with Gasteiger partial charge in [0.2, 0.25) is 0 Å². The van der Waals surface area contributed by atoms with Crippen LogP contribution in [0.25, 0.3) is 0 Å². The maximum absolute atomic E-state index is 5.57. The summed E-state index contributed by atoms with van der Waals surface area (Å²) in [5.41, 5.74) is 4.82. The fourth-order valence-electron chi connectivity index (χ4n) is 2.46. The maximum Gasteiger partial charge on any atom is 0.149 e. The lowest BCUT2D eigenvalue weighted by atomic mass is 10.1. The van der Waals surface area contributed by atoms with Crippen LogP contribution >= 0.6 is 11.8 Å². The molecule has 6 heteroatoms. The van der Waals surface area contributed by atoms with Crippen LogP contribution in [0, 0.1) is 0 Å². The Hall–Kier alpha value is -0.850. The van der Waals surface area contributed by atoms with Crippen molar-refractivity contribution in [1.82, 2.24) is 9.97 Å². The molecule has 1 atom stereocenters. The van der Waals surface area contributed by atoms with Gasteiger partial charge in [-0.3, -0.25) is 0 Å². The van der Waals surface area contributed by atoms with Crippen molar-refractivity contribution < 1.29 is 4.74 Å². The summed E-state index contributed by atoms with van der Waals surface area (Å²) in [6, 6.07) is 0. The average molecular weight is 266 g/mol. The third kappa shape index (κ3) is 2.32. The molecule has 0 aliphatic carbocycles. The van der Waals surface area contributed by atoms with Gasteiger partial charge in [0, 0.05) is 12.0 Å². The summed E-state index contributed by atoms with van der Waals surface area (Å²) in [4.78, 5) is 9.32. The largest absolute Gasteiger partial charge is 0.376 e. The molecule has 2 aliphatic heterocycles. The zero-order valence-electron chi connectivity index (χ0n) is 10.3. The predicted octanol–water partition coefficient (Wildman–Crippen LogP) is 1.79. The van der Waals surface area contributed by atoms with Crippen LogP contribution in [0.3, 0.4) is 0 Å². The Morgan fingerprint density at radius 2 is 2.28 bits per heavy atom. The molecule has 1 aromatic rings. The monoisotopic (exact) mass is 266 g/mol. The number of nitrogen functional groups attached to an aromatic ring is 1. The van der Waals surface area contributed by atoms with E-state index in [9.17, 15) is 0 Å². The van der Waals surface area contributed by atoms with Crippen LogP contribution < -0.4 is 11.3 Å². The Balaban J connectivity index is 1.94. The number of nitrogens with one attached hydrogen (secondary N) is 1. The average Bonchev–Trinajstić information content (AvgIpc) is 2.47. The SMILES string of the molecule is NNc1nc(C2CCCCS2)nc2c1COCC2. The van der Waals surface area contributed by atoms with Crippen molar-refractivity contribution in [1.29, 1.82) is 0 Å². The van der Waals surface area contributed by atoms with Crippen LogP contribution in [0.15, 0.2) is 0 Å². The molecular formula is C12H18N4OS. The second-order valence-corrected chi connectivity index (χ2v) is 5.97. The molecule has 3 rings (SSSR count). The van der Waals surface area contributed by atoms with E-state index in [-0.39, 0.29) is 0 Å². The van der Waals surface area contributed by atoms with E-state index < -0.39 is 0 Å². The standard InChI is InChI=1S/C12H18N4OS/c13-16-11-8-7-17-5-4-9(8)14-12(15-11)10-3-1-2-6-18-10/h10H,1-7,13H2,(H,14,15,16). The van der Waals surface area contributed by atoms with E-state index in [1.165, 1.54) is 25.0 Å². The van der Waals surface area contributed by atoms with Gasteiger partial charge in [-0.15, -0.1) is 0 Å². The Bertz CT molecular complexity index is 417. The van der Waals surface area contributed by atoms with E-state index in [1.54, 1.807) is 0 Å². The number of rotatable bonds is 2. The van der Waals surface area contributed by atoms with Crippen molar-refractivity contribution in [3.63, 3.8) is 0 Å². The lowest BCUT2D eigenvalue weighted by Crippen LogP contribution is -2.21. The summed E-state index contributed by atoms with van der Waals surface area (Å²) in [7, 11) is 0. The summed E-state index contributed by atoms with van der Waals surface area (Å²) in [5.74, 6) is 8.45. The highest BCUT2D eigenvalue weighted by Crippen LogP contribution is 2.37. The van der Waals surface area contributed by atoms with Gasteiger partial charge in [-0.2, -0.15) is 11.8 Å². The molecule has 18 heavy (non-hydrogen) atoms. The smallest absolute Gasteiger partial charge is 0.149 e. The van der Waals surface area contributed by atoms with Gasteiger partial charge in [-0.1, -0.05) is 6.42 Å². The summed E-state index contributed by atoms with van der Waals surface area (Å²) in [6.45, 7) is 1.30. The van der Waals surface area contributed by atoms with E-state index >= 15 is 0 Å². The van der Waals surface area contributed by atoms with Crippen LogP contribution in [-0.2, 0) is 17.8 Å². The highest BCUT2D eigenvalue weighted by atomic mass is 32.2. The molecule has 2 aliphatic rings. The van der Waals surface area contributed by atoms with E-state index in [1.807, 2.05) is 11.8 Å². The van der Waals surface area contributed by atoms with E-state index in [4.69, 9.17) is 15.6 Å². The molecular weight excluding hydrogens is 248 g/mol. The lowest BCUT2D eigenvalue weighted by Gasteiger charge is -2.24. The highest BCUT2D eigenvalue weighted by molar-refractivity contribution is 7.99. The van der Waals surface area contributed by atoms with Gasteiger partial charge < -0.3 is 10.2 Å². The molecule has 1 fully saturated rings. The zero-order chi connectivity index (χ0) is 12.4. The number of nitrogens with two attached hydrogens (primary N) is 1. The first-order chi connectivity index (χ1) is 8.88. The number of thioether (sulfide) groups is 1. The quantitative estimate of drug-likeness (QED) is 0.628. The third-order valence-corrected chi connectivity index (χ3v) is 4.82. The molecule has 3 N–H and O–H groups in total. The summed E-state index contributed by atoms with van der Waals surface area (Å²) >= 11 is 1.96. The minimum absolute atomic E-state index is 0.430. The second-order valence-electron chi connectivity index (χ2n) is 4.66. The minimum Gasteiger partial charge on any atom is -0.376 e. The molecule has 0 saturated carbocycles. The Labute approximate surface area is 111 Å². The fourth-order valence-corrected chi connectivity index (χ4v) is 3.70. The van der Waals surface area contributed by atoms with Gasteiger partial charge in [0.25, 0.3) is 0 Å². The van der Waals surface area contributed by atoms with Crippen molar-refractivity contribution in [3.05, 3.63) is 17.1 Å². The molecule has 0 radical (unpaired) electrons. The fraction of sp³-hybridized carbons (Fsp3) is 0.667. The minimum atomic E-state index is 0.430. The molecule has 1 aromatic heterocycles. The van der Waals surface area contributed by atoms with Crippen molar-refractivity contribution in [3.8, 4) is 0 Å². The van der Waals surface area contributed by atoms with Crippen LogP contribution in [0.2, 0.25) is 0 Å². The Morgan fingerprint density at radius 3 is 3.06 bits per heavy atom. The van der Waals surface area contributed by atoms with E-state index in [0.29, 0.717) is 11.9 Å². The van der Waals surface area contributed by atoms with Crippen molar-refractivity contribution in [2.45, 2.75) is 37.5 Å². The second kappa shape index (κ2) is 5.42. The number of aromatic nitrogens is 2. The first kappa shape index (κ1) is 12.2. The normalized spacial score (nSPS) is 23.5. The Morgan fingerprint density at radius 1 is 1.33 bits per heavy atom. The molecule has 0 bridgehead atoms. The number of hydrogen-bond donors (Lipinski definition) is 2. The first-order valence-electron chi connectivity index (χ1n) is 6.44. The number of hydrazine groups is 1. The molecule has 1 unspecified atom stereocenters. The zero-order valence-corrected chi connectivity index (χ0v) is 11.1. The highest BCUT2D eigenvalue weighted by Gasteiger charge is 2.23. The van der Waals surface area contributed by atoms with Gasteiger partial charge in [0.1, 0.15) is 11.6 Å². The van der Waals surface area contributed by atoms with Crippen LogP contribution in [0.1, 0.15) is 41.6 Å². The van der Waals surface area contributed by atoms with Crippen molar-refractivity contribution >= 4 is 17.6 Å².